The van der Waals surface area contributed by atoms with E-state index in [0.29, 0.717) is 23.4 Å². The molecule has 3 N–H and O–H groups in total. The maximum atomic E-state index is 13.7. The third-order valence-corrected chi connectivity index (χ3v) is 7.37. The highest BCUT2D eigenvalue weighted by atomic mass is 32.1. The van der Waals surface area contributed by atoms with E-state index >= 15 is 0 Å². The van der Waals surface area contributed by atoms with E-state index < -0.39 is 11.8 Å². The number of carbonyl (C=O) groups is 2. The first kappa shape index (κ1) is 23.1. The van der Waals surface area contributed by atoms with E-state index in [1.165, 1.54) is 9.44 Å². The predicted molar refractivity (Wildman–Crippen MR) is 131 cm³/mol. The van der Waals surface area contributed by atoms with Crippen molar-refractivity contribution >= 4 is 39.1 Å². The van der Waals surface area contributed by atoms with Crippen molar-refractivity contribution < 1.29 is 9.59 Å². The molecule has 2 heterocycles. The van der Waals surface area contributed by atoms with Crippen molar-refractivity contribution in [2.45, 2.75) is 52.6 Å². The topological polar surface area (TPSA) is 110 Å². The highest BCUT2D eigenvalue weighted by molar-refractivity contribution is 7.18. The second-order valence-electron chi connectivity index (χ2n) is 8.23. The number of amides is 2. The van der Waals surface area contributed by atoms with Crippen LogP contribution in [0, 0.1) is 0 Å². The number of nitrogens with two attached hydrogens (primary N) is 1. The summed E-state index contributed by atoms with van der Waals surface area (Å²) >= 11 is 1.61. The lowest BCUT2D eigenvalue weighted by Gasteiger charge is -2.20. The van der Waals surface area contributed by atoms with E-state index in [-0.39, 0.29) is 17.7 Å². The molecule has 0 unspecified atom stereocenters. The minimum Gasteiger partial charge on any atom is -0.366 e. The summed E-state index contributed by atoms with van der Waals surface area (Å²) in [7, 11) is 0. The van der Waals surface area contributed by atoms with Crippen LogP contribution in [0.2, 0.25) is 0 Å². The molecule has 0 radical (unpaired) electrons. The Hall–Kier alpha value is -3.04. The predicted octanol–water partition coefficient (Wildman–Crippen LogP) is 2.92. The number of aryl methyl sites for hydroxylation is 2. The lowest BCUT2D eigenvalue weighted by atomic mass is 9.97. The molecule has 33 heavy (non-hydrogen) atoms. The molecule has 2 amide bonds. The molecule has 1 aromatic carbocycles. The van der Waals surface area contributed by atoms with Crippen LogP contribution in [-0.2, 0) is 30.7 Å². The van der Waals surface area contributed by atoms with Gasteiger partial charge >= 0.3 is 0 Å². The zero-order valence-corrected chi connectivity index (χ0v) is 19.8. The second kappa shape index (κ2) is 9.84. The number of hydrogen-bond acceptors (Lipinski definition) is 6. The number of anilines is 1. The lowest BCUT2D eigenvalue weighted by Crippen LogP contribution is -2.34. The normalized spacial score (nSPS) is 13.3. The first-order chi connectivity index (χ1) is 15.9. The number of thiophene rings is 1. The first-order valence-corrected chi connectivity index (χ1v) is 12.2. The van der Waals surface area contributed by atoms with E-state index in [9.17, 15) is 14.4 Å². The molecule has 0 spiro atoms. The number of nitrogens with zero attached hydrogens (tertiary/aromatic N) is 3. The van der Waals surface area contributed by atoms with Crippen molar-refractivity contribution in [2.75, 3.05) is 18.4 Å². The van der Waals surface area contributed by atoms with E-state index in [2.05, 4.69) is 24.1 Å². The molecule has 9 heteroatoms. The highest BCUT2D eigenvalue weighted by Gasteiger charge is 2.23. The van der Waals surface area contributed by atoms with Gasteiger partial charge in [-0.15, -0.1) is 11.3 Å². The molecule has 0 aliphatic heterocycles. The summed E-state index contributed by atoms with van der Waals surface area (Å²) in [5.41, 5.74) is 6.92. The molecule has 1 aliphatic rings. The van der Waals surface area contributed by atoms with Crippen molar-refractivity contribution in [1.82, 2.24) is 14.5 Å². The fourth-order valence-electron chi connectivity index (χ4n) is 4.35. The van der Waals surface area contributed by atoms with Gasteiger partial charge in [0.15, 0.2) is 0 Å². The number of primary amides is 1. The number of fused-ring (bicyclic) bond motifs is 3. The van der Waals surface area contributed by atoms with Gasteiger partial charge in [-0.05, 0) is 56.5 Å². The summed E-state index contributed by atoms with van der Waals surface area (Å²) in [6.07, 6.45) is 4.04. The third kappa shape index (κ3) is 4.69. The van der Waals surface area contributed by atoms with Gasteiger partial charge in [0, 0.05) is 4.88 Å². The second-order valence-corrected chi connectivity index (χ2v) is 9.31. The Labute approximate surface area is 196 Å². The molecule has 0 saturated carbocycles. The Balaban J connectivity index is 1.74. The van der Waals surface area contributed by atoms with Crippen LogP contribution in [0.1, 0.15) is 53.3 Å². The lowest BCUT2D eigenvalue weighted by molar-refractivity contribution is -0.116. The minimum absolute atomic E-state index is 0.167. The van der Waals surface area contributed by atoms with Gasteiger partial charge in [0.1, 0.15) is 17.2 Å². The fourth-order valence-corrected chi connectivity index (χ4v) is 5.62. The van der Waals surface area contributed by atoms with Gasteiger partial charge in [-0.3, -0.25) is 23.9 Å². The molecule has 1 aliphatic carbocycles. The summed E-state index contributed by atoms with van der Waals surface area (Å²) in [5, 5.41) is 3.40. The maximum Gasteiger partial charge on any atom is 0.263 e. The Morgan fingerprint density at radius 3 is 2.64 bits per heavy atom. The van der Waals surface area contributed by atoms with Crippen molar-refractivity contribution in [3.63, 3.8) is 0 Å². The summed E-state index contributed by atoms with van der Waals surface area (Å²) in [6, 6.07) is 6.57. The summed E-state index contributed by atoms with van der Waals surface area (Å²) < 4.78 is 1.49. The molecule has 0 bridgehead atoms. The number of carbonyl (C=O) groups excluding carboxylic acids is 2. The average Bonchev–Trinajstić information content (AvgIpc) is 3.18. The molecule has 0 fully saturated rings. The van der Waals surface area contributed by atoms with Crippen LogP contribution in [-0.4, -0.2) is 39.4 Å². The summed E-state index contributed by atoms with van der Waals surface area (Å²) in [6.45, 7) is 6.03. The number of nitrogens with one attached hydrogen (secondary N) is 1. The monoisotopic (exact) mass is 467 g/mol. The van der Waals surface area contributed by atoms with Crippen LogP contribution in [0.5, 0.6) is 0 Å². The van der Waals surface area contributed by atoms with Crippen molar-refractivity contribution in [1.29, 1.82) is 0 Å². The van der Waals surface area contributed by atoms with Crippen molar-refractivity contribution in [3.05, 3.63) is 56.4 Å². The smallest absolute Gasteiger partial charge is 0.263 e. The maximum absolute atomic E-state index is 13.7. The minimum atomic E-state index is -0.627. The van der Waals surface area contributed by atoms with Gasteiger partial charge < -0.3 is 11.1 Å². The Morgan fingerprint density at radius 1 is 1.18 bits per heavy atom. The van der Waals surface area contributed by atoms with Gasteiger partial charge in [0.25, 0.3) is 11.5 Å². The van der Waals surface area contributed by atoms with E-state index in [1.54, 1.807) is 35.6 Å². The molecule has 0 atom stereocenters. The van der Waals surface area contributed by atoms with Crippen molar-refractivity contribution in [2.24, 2.45) is 5.73 Å². The molecule has 3 aromatic rings. The van der Waals surface area contributed by atoms with Crippen LogP contribution in [0.4, 0.5) is 5.69 Å². The quantitative estimate of drug-likeness (QED) is 0.529. The zero-order chi connectivity index (χ0) is 23.5. The Kier molecular flexibility index (Phi) is 6.90. The van der Waals surface area contributed by atoms with Crippen LogP contribution in [0.25, 0.3) is 10.2 Å². The third-order valence-electron chi connectivity index (χ3n) is 6.18. The fraction of sp³-hybridized carbons (Fsp3) is 0.417. The van der Waals surface area contributed by atoms with E-state index in [1.807, 2.05) is 0 Å². The van der Waals surface area contributed by atoms with Crippen LogP contribution in [0.3, 0.4) is 0 Å². The number of para-hydroxylation sites is 1. The molecular weight excluding hydrogens is 438 g/mol. The van der Waals surface area contributed by atoms with Crippen LogP contribution >= 0.6 is 11.3 Å². The molecule has 2 aromatic heterocycles. The number of aromatic nitrogens is 2. The average molecular weight is 468 g/mol. The SMILES string of the molecule is CCN(CC)Cc1nc2sc3c(c2c(=O)n1CC(=O)Nc1ccccc1C(N)=O)CCCC3. The molecule has 4 rings (SSSR count). The van der Waals surface area contributed by atoms with E-state index in [0.717, 1.165) is 49.2 Å². The van der Waals surface area contributed by atoms with Gasteiger partial charge in [-0.2, -0.15) is 0 Å². The Bertz CT molecular complexity index is 1260. The summed E-state index contributed by atoms with van der Waals surface area (Å²) in [4.78, 5) is 47.4. The van der Waals surface area contributed by atoms with Gasteiger partial charge in [0.2, 0.25) is 5.91 Å². The van der Waals surface area contributed by atoms with Gasteiger partial charge in [-0.25, -0.2) is 4.98 Å². The Morgan fingerprint density at radius 2 is 1.91 bits per heavy atom. The highest BCUT2D eigenvalue weighted by Crippen LogP contribution is 2.33. The standard InChI is InChI=1S/C24H29N5O3S/c1-3-28(4-2)13-19-27-23-21(16-10-6-8-12-18(16)33-23)24(32)29(19)14-20(30)26-17-11-7-5-9-15(17)22(25)31/h5,7,9,11H,3-4,6,8,10,12-14H2,1-2H3,(H2,25,31)(H,26,30). The summed E-state index contributed by atoms with van der Waals surface area (Å²) in [5.74, 6) is -0.455. The molecule has 8 nitrogen and oxygen atoms in total. The number of hydrogen-bond donors (Lipinski definition) is 2. The van der Waals surface area contributed by atoms with Gasteiger partial charge in [-0.1, -0.05) is 26.0 Å². The zero-order valence-electron chi connectivity index (χ0n) is 19.0. The number of benzene rings is 1. The van der Waals surface area contributed by atoms with E-state index in [4.69, 9.17) is 10.7 Å². The number of rotatable bonds is 8. The van der Waals surface area contributed by atoms with Crippen molar-refractivity contribution in [3.8, 4) is 0 Å². The van der Waals surface area contributed by atoms with Crippen LogP contribution < -0.4 is 16.6 Å². The van der Waals surface area contributed by atoms with Gasteiger partial charge in [0.05, 0.1) is 23.2 Å². The molecule has 0 saturated heterocycles. The first-order valence-electron chi connectivity index (χ1n) is 11.4. The molecule has 174 valence electrons. The van der Waals surface area contributed by atoms with Crippen LogP contribution in [0.15, 0.2) is 29.1 Å². The largest absolute Gasteiger partial charge is 0.366 e. The molecular formula is C24H29N5O3S.